The molecule has 1 aliphatic heterocycles. The molecule has 0 saturated carbocycles. The molecule has 3 atom stereocenters. The summed E-state index contributed by atoms with van der Waals surface area (Å²) in [6.45, 7) is 7.78. The van der Waals surface area contributed by atoms with Crippen molar-refractivity contribution < 1.29 is 19.7 Å². The van der Waals surface area contributed by atoms with Crippen LogP contribution in [0.1, 0.15) is 25.8 Å². The Morgan fingerprint density at radius 1 is 1.09 bits per heavy atom. The van der Waals surface area contributed by atoms with Crippen LogP contribution in [0.2, 0.25) is 0 Å². The fourth-order valence-corrected chi connectivity index (χ4v) is 5.07. The van der Waals surface area contributed by atoms with Gasteiger partial charge in [-0.25, -0.2) is 0 Å². The molecule has 1 fully saturated rings. The van der Waals surface area contributed by atoms with Gasteiger partial charge in [0.1, 0.15) is 36.9 Å². The number of aliphatic hydroxyl groups is 2. The van der Waals surface area contributed by atoms with Crippen molar-refractivity contribution in [2.24, 2.45) is 5.92 Å². The molecule has 1 unspecified atom stereocenters. The van der Waals surface area contributed by atoms with Crippen molar-refractivity contribution >= 4 is 23.4 Å². The van der Waals surface area contributed by atoms with Crippen LogP contribution in [0.15, 0.2) is 48.3 Å². The summed E-state index contributed by atoms with van der Waals surface area (Å²) in [7, 11) is 0. The maximum Gasteiger partial charge on any atom is 0.119 e. The number of β-amino-alcohol motifs (C(OH)–C–C–N with tert-alkyl or cyclic N) is 1. The lowest BCUT2D eigenvalue weighted by Crippen LogP contribution is -2.39. The summed E-state index contributed by atoms with van der Waals surface area (Å²) >= 11 is 7.58. The van der Waals surface area contributed by atoms with Crippen LogP contribution in [0.3, 0.4) is 0 Å². The second kappa shape index (κ2) is 12.3. The maximum absolute atomic E-state index is 10.3. The number of hydrogen-bond donors (Lipinski definition) is 2. The molecule has 178 valence electrons. The molecule has 7 heteroatoms. The number of benzene rings is 1. The third-order valence-electron chi connectivity index (χ3n) is 6.23. The normalized spacial score (nSPS) is 21.7. The van der Waals surface area contributed by atoms with Gasteiger partial charge in [0.05, 0.1) is 5.88 Å². The second-order valence-corrected chi connectivity index (χ2v) is 10.6. The molecule has 5 nitrogen and oxygen atoms in total. The summed E-state index contributed by atoms with van der Waals surface area (Å²) in [6.07, 6.45) is 6.14. The largest absolute Gasteiger partial charge is 0.491 e. The van der Waals surface area contributed by atoms with Crippen molar-refractivity contribution in [1.29, 1.82) is 0 Å². The Labute approximate surface area is 201 Å². The predicted molar refractivity (Wildman–Crippen MR) is 133 cm³/mol. The third kappa shape index (κ3) is 7.42. The van der Waals surface area contributed by atoms with Crippen molar-refractivity contribution in [3.05, 3.63) is 53.8 Å². The Morgan fingerprint density at radius 3 is 2.41 bits per heavy atom. The number of ether oxygens (including phenoxy) is 2. The van der Waals surface area contributed by atoms with Crippen LogP contribution in [0.4, 0.5) is 0 Å². The van der Waals surface area contributed by atoms with Crippen LogP contribution in [-0.2, 0) is 10.2 Å². The molecule has 1 aromatic rings. The smallest absolute Gasteiger partial charge is 0.119 e. The average molecular weight is 482 g/mol. The SMILES string of the molecule is CC(C)(c1ccc(OCC(O)CCl)cc1)[C@@H]1C=CC(OC[C@H](O)CN2CCSCC2)=CC1. The van der Waals surface area contributed by atoms with Gasteiger partial charge in [-0.3, -0.25) is 4.90 Å². The fourth-order valence-electron chi connectivity index (χ4n) is 4.00. The highest BCUT2D eigenvalue weighted by atomic mass is 35.5. The number of allylic oxidation sites excluding steroid dienone is 3. The fraction of sp³-hybridized carbons (Fsp3) is 0.600. The highest BCUT2D eigenvalue weighted by Gasteiger charge is 2.30. The molecule has 0 radical (unpaired) electrons. The van der Waals surface area contributed by atoms with E-state index >= 15 is 0 Å². The first-order chi connectivity index (χ1) is 15.4. The Kier molecular flexibility index (Phi) is 9.80. The monoisotopic (exact) mass is 481 g/mol. The van der Waals surface area contributed by atoms with Gasteiger partial charge in [0.25, 0.3) is 0 Å². The van der Waals surface area contributed by atoms with Crippen LogP contribution in [0.5, 0.6) is 5.75 Å². The molecule has 1 aromatic carbocycles. The Bertz CT molecular complexity index is 762. The van der Waals surface area contributed by atoms with Crippen LogP contribution in [0.25, 0.3) is 0 Å². The molecule has 1 saturated heterocycles. The topological polar surface area (TPSA) is 62.2 Å². The number of aliphatic hydroxyl groups excluding tert-OH is 2. The van der Waals surface area contributed by atoms with E-state index in [1.165, 1.54) is 5.56 Å². The van der Waals surface area contributed by atoms with Crippen LogP contribution in [0, 0.1) is 5.92 Å². The number of thioether (sulfide) groups is 1. The summed E-state index contributed by atoms with van der Waals surface area (Å²) in [5.74, 6) is 4.36. The highest BCUT2D eigenvalue weighted by Crippen LogP contribution is 2.38. The van der Waals surface area contributed by atoms with E-state index < -0.39 is 12.2 Å². The molecule has 0 amide bonds. The number of alkyl halides is 1. The first-order valence-corrected chi connectivity index (χ1v) is 13.0. The van der Waals surface area contributed by atoms with E-state index in [4.69, 9.17) is 21.1 Å². The zero-order valence-electron chi connectivity index (χ0n) is 19.1. The zero-order chi connectivity index (χ0) is 23.0. The van der Waals surface area contributed by atoms with E-state index in [9.17, 15) is 10.2 Å². The third-order valence-corrected chi connectivity index (χ3v) is 7.53. The van der Waals surface area contributed by atoms with Gasteiger partial charge in [0, 0.05) is 31.1 Å². The molecular weight excluding hydrogens is 446 g/mol. The second-order valence-electron chi connectivity index (χ2n) is 9.05. The molecule has 1 heterocycles. The van der Waals surface area contributed by atoms with Crippen molar-refractivity contribution in [1.82, 2.24) is 4.90 Å². The highest BCUT2D eigenvalue weighted by molar-refractivity contribution is 7.99. The lowest BCUT2D eigenvalue weighted by Gasteiger charge is -2.34. The predicted octanol–water partition coefficient (Wildman–Crippen LogP) is 3.83. The summed E-state index contributed by atoms with van der Waals surface area (Å²) in [5.41, 5.74) is 1.17. The number of hydrogen-bond acceptors (Lipinski definition) is 6. The summed E-state index contributed by atoms with van der Waals surface area (Å²) in [5, 5.41) is 19.9. The van der Waals surface area contributed by atoms with Gasteiger partial charge in [0.15, 0.2) is 0 Å². The van der Waals surface area contributed by atoms with Gasteiger partial charge in [0.2, 0.25) is 0 Å². The first-order valence-electron chi connectivity index (χ1n) is 11.3. The number of rotatable bonds is 11. The first kappa shape index (κ1) is 25.4. The Morgan fingerprint density at radius 2 is 1.78 bits per heavy atom. The van der Waals surface area contributed by atoms with E-state index in [2.05, 4.69) is 43.0 Å². The molecule has 1 aliphatic carbocycles. The van der Waals surface area contributed by atoms with E-state index in [1.54, 1.807) is 0 Å². The minimum Gasteiger partial charge on any atom is -0.491 e. The van der Waals surface area contributed by atoms with Gasteiger partial charge in [-0.2, -0.15) is 11.8 Å². The van der Waals surface area contributed by atoms with Crippen molar-refractivity contribution in [2.75, 3.05) is 50.2 Å². The van der Waals surface area contributed by atoms with Crippen molar-refractivity contribution in [3.8, 4) is 5.75 Å². The van der Waals surface area contributed by atoms with Crippen LogP contribution < -0.4 is 4.74 Å². The molecule has 0 bridgehead atoms. The molecule has 0 aromatic heterocycles. The average Bonchev–Trinajstić information content (AvgIpc) is 2.82. The molecular formula is C25H36ClNO4S. The van der Waals surface area contributed by atoms with Gasteiger partial charge >= 0.3 is 0 Å². The Hall–Kier alpha value is -1.18. The molecule has 3 rings (SSSR count). The summed E-state index contributed by atoms with van der Waals surface area (Å²) < 4.78 is 11.5. The standard InChI is InChI=1S/C25H36ClNO4S/c1-25(2,19-3-7-23(8-4-19)30-17-21(28)15-26)20-5-9-24(10-6-20)31-18-22(29)16-27-11-13-32-14-12-27/h3-5,7-10,20-22,28-29H,6,11-18H2,1-2H3/t20-,21?,22-/m1/s1. The van der Waals surface area contributed by atoms with E-state index in [0.29, 0.717) is 19.1 Å². The quantitative estimate of drug-likeness (QED) is 0.468. The lowest BCUT2D eigenvalue weighted by molar-refractivity contribution is 0.0476. The van der Waals surface area contributed by atoms with Crippen molar-refractivity contribution in [2.45, 2.75) is 37.9 Å². The van der Waals surface area contributed by atoms with Gasteiger partial charge in [-0.1, -0.05) is 32.1 Å². The molecule has 0 spiro atoms. The maximum atomic E-state index is 10.3. The Balaban J connectivity index is 1.46. The van der Waals surface area contributed by atoms with E-state index in [-0.39, 0.29) is 17.9 Å². The number of nitrogens with zero attached hydrogens (tertiary/aromatic N) is 1. The zero-order valence-corrected chi connectivity index (χ0v) is 20.7. The molecule has 2 N–H and O–H groups in total. The van der Waals surface area contributed by atoms with Crippen molar-refractivity contribution in [3.63, 3.8) is 0 Å². The van der Waals surface area contributed by atoms with E-state index in [1.807, 2.05) is 30.0 Å². The van der Waals surface area contributed by atoms with Gasteiger partial charge < -0.3 is 19.7 Å². The van der Waals surface area contributed by atoms with Gasteiger partial charge in [-0.15, -0.1) is 11.6 Å². The molecule has 32 heavy (non-hydrogen) atoms. The van der Waals surface area contributed by atoms with Gasteiger partial charge in [-0.05, 0) is 47.6 Å². The van der Waals surface area contributed by atoms with Crippen LogP contribution >= 0.6 is 23.4 Å². The molecule has 2 aliphatic rings. The lowest BCUT2D eigenvalue weighted by atomic mass is 9.71. The minimum atomic E-state index is -0.659. The summed E-state index contributed by atoms with van der Waals surface area (Å²) in [6, 6.07) is 8.05. The minimum absolute atomic E-state index is 0.0570. The van der Waals surface area contributed by atoms with E-state index in [0.717, 1.165) is 42.5 Å². The van der Waals surface area contributed by atoms with Crippen LogP contribution in [-0.4, -0.2) is 77.6 Å². The summed E-state index contributed by atoms with van der Waals surface area (Å²) in [4.78, 5) is 2.31. The number of halogens is 1.